The molecule has 0 atom stereocenters. The number of carbonyl (C=O) groups is 1. The van der Waals surface area contributed by atoms with E-state index >= 15 is 0 Å². The van der Waals surface area contributed by atoms with E-state index in [-0.39, 0.29) is 18.1 Å². The fourth-order valence-corrected chi connectivity index (χ4v) is 4.90. The molecule has 0 aliphatic rings. The summed E-state index contributed by atoms with van der Waals surface area (Å²) in [4.78, 5) is 24.5. The quantitative estimate of drug-likeness (QED) is 0.247. The zero-order chi connectivity index (χ0) is 26.9. The number of H-pyrrole nitrogens is 1. The summed E-state index contributed by atoms with van der Waals surface area (Å²) < 4.78 is 42.4. The number of aryl methyl sites for hydroxylation is 3. The molecule has 3 aromatic heterocycles. The van der Waals surface area contributed by atoms with E-state index in [4.69, 9.17) is 5.73 Å². The van der Waals surface area contributed by atoms with Crippen LogP contribution in [0.3, 0.4) is 0 Å². The molecule has 0 saturated heterocycles. The van der Waals surface area contributed by atoms with Crippen LogP contribution in [0.15, 0.2) is 60.8 Å². The third-order valence-corrected chi connectivity index (χ3v) is 6.71. The molecule has 10 heteroatoms. The molecule has 2 aromatic carbocycles. The van der Waals surface area contributed by atoms with Crippen molar-refractivity contribution < 1.29 is 18.0 Å². The monoisotopic (exact) mass is 520 g/mol. The molecule has 0 radical (unpaired) electrons. The number of aromatic nitrogens is 4. The van der Waals surface area contributed by atoms with Gasteiger partial charge in [-0.15, -0.1) is 0 Å². The summed E-state index contributed by atoms with van der Waals surface area (Å²) in [5.41, 5.74) is 9.63. The number of anilines is 1. The van der Waals surface area contributed by atoms with Crippen molar-refractivity contribution in [3.63, 3.8) is 0 Å². The van der Waals surface area contributed by atoms with E-state index in [0.717, 1.165) is 35.6 Å². The Hall–Kier alpha value is -4.34. The highest BCUT2D eigenvalue weighted by molar-refractivity contribution is 5.98. The summed E-state index contributed by atoms with van der Waals surface area (Å²) in [5, 5.41) is 3.62. The number of nitrogen functional groups attached to an aromatic ring is 1. The zero-order valence-corrected chi connectivity index (χ0v) is 20.8. The van der Waals surface area contributed by atoms with E-state index in [9.17, 15) is 18.0 Å². The van der Waals surface area contributed by atoms with Crippen LogP contribution in [0.2, 0.25) is 0 Å². The van der Waals surface area contributed by atoms with Crippen LogP contribution in [0, 0.1) is 0 Å². The first-order valence-electron chi connectivity index (χ1n) is 12.4. The van der Waals surface area contributed by atoms with Crippen molar-refractivity contribution in [1.29, 1.82) is 0 Å². The van der Waals surface area contributed by atoms with Gasteiger partial charge in [0.25, 0.3) is 5.91 Å². The molecule has 0 aliphatic carbocycles. The second-order valence-electron chi connectivity index (χ2n) is 9.09. The summed E-state index contributed by atoms with van der Waals surface area (Å²) in [5.74, 6) is -0.511. The average Bonchev–Trinajstić information content (AvgIpc) is 3.47. The van der Waals surface area contributed by atoms with Crippen molar-refractivity contribution in [2.75, 3.05) is 5.73 Å². The molecule has 0 fully saturated rings. The van der Waals surface area contributed by atoms with E-state index in [0.29, 0.717) is 29.6 Å². The molecule has 196 valence electrons. The van der Waals surface area contributed by atoms with Crippen molar-refractivity contribution in [3.05, 3.63) is 88.9 Å². The molecule has 5 rings (SSSR count). The molecule has 0 spiro atoms. The maximum atomic E-state index is 13.5. The lowest BCUT2D eigenvalue weighted by Gasteiger charge is -2.13. The Labute approximate surface area is 216 Å². The number of carbonyl (C=O) groups excluding carboxylic acids is 1. The topological polar surface area (TPSA) is 102 Å². The highest BCUT2D eigenvalue weighted by Crippen LogP contribution is 2.35. The Kier molecular flexibility index (Phi) is 6.79. The van der Waals surface area contributed by atoms with Crippen LogP contribution in [0.1, 0.15) is 46.2 Å². The van der Waals surface area contributed by atoms with E-state index in [1.165, 1.54) is 17.7 Å². The van der Waals surface area contributed by atoms with Crippen molar-refractivity contribution in [1.82, 2.24) is 24.8 Å². The first-order valence-corrected chi connectivity index (χ1v) is 12.4. The van der Waals surface area contributed by atoms with Crippen molar-refractivity contribution in [2.45, 2.75) is 45.5 Å². The van der Waals surface area contributed by atoms with Gasteiger partial charge in [-0.1, -0.05) is 36.4 Å². The number of nitrogens with zero attached hydrogens (tertiary/aromatic N) is 3. The number of hydrogen-bond donors (Lipinski definition) is 3. The van der Waals surface area contributed by atoms with Crippen molar-refractivity contribution in [3.8, 4) is 0 Å². The predicted octanol–water partition coefficient (Wildman–Crippen LogP) is 5.64. The van der Waals surface area contributed by atoms with Gasteiger partial charge in [-0.2, -0.15) is 13.2 Å². The number of aromatic amines is 1. The van der Waals surface area contributed by atoms with Crippen LogP contribution in [-0.2, 0) is 32.1 Å². The molecule has 38 heavy (non-hydrogen) atoms. The van der Waals surface area contributed by atoms with Gasteiger partial charge >= 0.3 is 6.18 Å². The molecule has 4 N–H and O–H groups in total. The highest BCUT2D eigenvalue weighted by Gasteiger charge is 2.31. The summed E-state index contributed by atoms with van der Waals surface area (Å²) in [6, 6.07) is 15.6. The molecule has 0 unspecified atom stereocenters. The van der Waals surface area contributed by atoms with Crippen LogP contribution in [-0.4, -0.2) is 25.4 Å². The van der Waals surface area contributed by atoms with Gasteiger partial charge in [0.15, 0.2) is 17.2 Å². The maximum absolute atomic E-state index is 13.5. The van der Waals surface area contributed by atoms with Crippen molar-refractivity contribution in [2.24, 2.45) is 0 Å². The van der Waals surface area contributed by atoms with Crippen LogP contribution in [0.4, 0.5) is 19.0 Å². The van der Waals surface area contributed by atoms with E-state index < -0.39 is 17.6 Å². The molecule has 7 nitrogen and oxygen atoms in total. The largest absolute Gasteiger partial charge is 0.416 e. The standard InChI is InChI=1S/C28H27F3N6O/c1-2-37-22-15-18(28(29,30)31)11-12-20(22)19(10-6-9-17-7-4-3-5-8-17)23(37)16-34-27(38)24-25(32)36-26-21(35-24)13-14-33-26/h3-5,7-8,11-15H,2,6,9-10,16H2,1H3,(H,34,38)(H3,32,33,36). The number of nitrogens with one attached hydrogen (secondary N) is 2. The molecule has 0 bridgehead atoms. The SMILES string of the molecule is CCn1c(CNC(=O)c2nc3cc[nH]c3nc2N)c(CCCc2ccccc2)c2ccc(C(F)(F)F)cc21. The Morgan fingerprint density at radius 1 is 1.08 bits per heavy atom. The highest BCUT2D eigenvalue weighted by atomic mass is 19.4. The molecule has 0 saturated carbocycles. The van der Waals surface area contributed by atoms with Crippen LogP contribution in [0.5, 0.6) is 0 Å². The Balaban J connectivity index is 1.48. The van der Waals surface area contributed by atoms with Gasteiger partial charge in [0.2, 0.25) is 0 Å². The lowest BCUT2D eigenvalue weighted by Crippen LogP contribution is -2.27. The normalized spacial score (nSPS) is 11.9. The summed E-state index contributed by atoms with van der Waals surface area (Å²) in [6.07, 6.45) is -0.521. The van der Waals surface area contributed by atoms with E-state index in [1.807, 2.05) is 29.7 Å². The van der Waals surface area contributed by atoms with Gasteiger partial charge in [0, 0.05) is 29.3 Å². The first-order chi connectivity index (χ1) is 18.3. The van der Waals surface area contributed by atoms with Gasteiger partial charge in [-0.3, -0.25) is 4.79 Å². The molecule has 3 heterocycles. The van der Waals surface area contributed by atoms with Gasteiger partial charge in [0.1, 0.15) is 5.52 Å². The number of benzene rings is 2. The summed E-state index contributed by atoms with van der Waals surface area (Å²) in [6.45, 7) is 2.43. The molecular formula is C28H27F3N6O. The smallest absolute Gasteiger partial charge is 0.382 e. The number of rotatable bonds is 8. The Morgan fingerprint density at radius 2 is 1.87 bits per heavy atom. The van der Waals surface area contributed by atoms with Crippen LogP contribution >= 0.6 is 0 Å². The number of hydrogen-bond acceptors (Lipinski definition) is 4. The van der Waals surface area contributed by atoms with Gasteiger partial charge in [0.05, 0.1) is 12.1 Å². The van der Waals surface area contributed by atoms with Crippen molar-refractivity contribution >= 4 is 33.8 Å². The molecule has 5 aromatic rings. The van der Waals surface area contributed by atoms with E-state index in [1.54, 1.807) is 12.3 Å². The average molecular weight is 521 g/mol. The maximum Gasteiger partial charge on any atom is 0.416 e. The molecular weight excluding hydrogens is 493 g/mol. The number of nitrogens with two attached hydrogens (primary N) is 1. The molecule has 1 amide bonds. The third-order valence-electron chi connectivity index (χ3n) is 6.71. The Morgan fingerprint density at radius 3 is 2.61 bits per heavy atom. The summed E-state index contributed by atoms with van der Waals surface area (Å²) >= 11 is 0. The van der Waals surface area contributed by atoms with Gasteiger partial charge in [-0.25, -0.2) is 9.97 Å². The summed E-state index contributed by atoms with van der Waals surface area (Å²) in [7, 11) is 0. The van der Waals surface area contributed by atoms with Gasteiger partial charge < -0.3 is 20.6 Å². The Bertz CT molecular complexity index is 1600. The van der Waals surface area contributed by atoms with Crippen LogP contribution < -0.4 is 11.1 Å². The fourth-order valence-electron chi connectivity index (χ4n) is 4.90. The first kappa shape index (κ1) is 25.3. The number of amides is 1. The second-order valence-corrected chi connectivity index (χ2v) is 9.09. The number of halogens is 3. The van der Waals surface area contributed by atoms with Gasteiger partial charge in [-0.05, 0) is 55.5 Å². The minimum Gasteiger partial charge on any atom is -0.382 e. The molecule has 0 aliphatic heterocycles. The zero-order valence-electron chi connectivity index (χ0n) is 20.8. The predicted molar refractivity (Wildman–Crippen MR) is 141 cm³/mol. The van der Waals surface area contributed by atoms with E-state index in [2.05, 4.69) is 32.4 Å². The minimum absolute atomic E-state index is 0.00115. The number of fused-ring (bicyclic) bond motifs is 2. The van der Waals surface area contributed by atoms with Crippen LogP contribution in [0.25, 0.3) is 22.1 Å². The second kappa shape index (κ2) is 10.2. The third kappa shape index (κ3) is 4.93. The minimum atomic E-state index is -4.45. The fraction of sp³-hybridized carbons (Fsp3) is 0.250. The number of alkyl halides is 3. The lowest BCUT2D eigenvalue weighted by atomic mass is 10.0. The lowest BCUT2D eigenvalue weighted by molar-refractivity contribution is -0.137.